The van der Waals surface area contributed by atoms with E-state index in [1.165, 1.54) is 11.8 Å². The van der Waals surface area contributed by atoms with Gasteiger partial charge >= 0.3 is 0 Å². The molecule has 0 aliphatic heterocycles. The van der Waals surface area contributed by atoms with Crippen LogP contribution in [0, 0.1) is 6.92 Å². The minimum Gasteiger partial charge on any atom is -0.320 e. The molecule has 0 saturated carbocycles. The van der Waals surface area contributed by atoms with Crippen LogP contribution in [0.15, 0.2) is 53.4 Å². The van der Waals surface area contributed by atoms with Gasteiger partial charge in [-0.05, 0) is 30.2 Å². The lowest BCUT2D eigenvalue weighted by Gasteiger charge is -2.13. The zero-order chi connectivity index (χ0) is 14.0. The molecular formula is C15H17NO2S. The molecule has 4 heteroatoms. The molecule has 1 atom stereocenters. The first-order chi connectivity index (χ1) is 8.88. The van der Waals surface area contributed by atoms with Crippen molar-refractivity contribution in [1.82, 2.24) is 0 Å². The lowest BCUT2D eigenvalue weighted by molar-refractivity contribution is 0.601. The van der Waals surface area contributed by atoms with Crippen molar-refractivity contribution in [3.8, 4) is 0 Å². The summed E-state index contributed by atoms with van der Waals surface area (Å²) in [6.45, 7) is 2.01. The van der Waals surface area contributed by atoms with Gasteiger partial charge in [0, 0.05) is 6.26 Å². The molecule has 0 saturated heterocycles. The third-order valence-electron chi connectivity index (χ3n) is 3.08. The lowest BCUT2D eigenvalue weighted by atomic mass is 9.99. The number of aryl methyl sites for hydroxylation is 1. The van der Waals surface area contributed by atoms with Crippen LogP contribution in [0.4, 0.5) is 0 Å². The third kappa shape index (κ3) is 3.22. The normalized spacial score (nSPS) is 13.2. The first-order valence-electron chi connectivity index (χ1n) is 6.00. The van der Waals surface area contributed by atoms with Gasteiger partial charge in [-0.25, -0.2) is 8.42 Å². The molecule has 0 aromatic heterocycles. The van der Waals surface area contributed by atoms with Gasteiger partial charge in [0.05, 0.1) is 10.9 Å². The van der Waals surface area contributed by atoms with E-state index in [0.717, 1.165) is 11.1 Å². The summed E-state index contributed by atoms with van der Waals surface area (Å²) in [5, 5.41) is 0. The van der Waals surface area contributed by atoms with Crippen molar-refractivity contribution in [2.75, 3.05) is 6.26 Å². The predicted octanol–water partition coefficient (Wildman–Crippen LogP) is 2.45. The highest BCUT2D eigenvalue weighted by molar-refractivity contribution is 7.90. The molecule has 2 aromatic carbocycles. The fraction of sp³-hybridized carbons (Fsp3) is 0.200. The molecule has 0 fully saturated rings. The Hall–Kier alpha value is -1.65. The standard InChI is InChI=1S/C15H17NO2S/c1-11-6-8-12(9-7-11)15(16)13-4-3-5-14(10-13)19(2,17)18/h3-10,15H,16H2,1-2H3/t15-/m1/s1. The number of rotatable bonds is 3. The van der Waals surface area contributed by atoms with Crippen molar-refractivity contribution in [3.63, 3.8) is 0 Å². The highest BCUT2D eigenvalue weighted by Gasteiger charge is 2.12. The van der Waals surface area contributed by atoms with E-state index in [-0.39, 0.29) is 6.04 Å². The number of sulfone groups is 1. The second kappa shape index (κ2) is 5.15. The topological polar surface area (TPSA) is 60.2 Å². The summed E-state index contributed by atoms with van der Waals surface area (Å²) < 4.78 is 23.1. The average Bonchev–Trinajstić information content (AvgIpc) is 2.38. The van der Waals surface area contributed by atoms with Crippen molar-refractivity contribution in [3.05, 3.63) is 65.2 Å². The van der Waals surface area contributed by atoms with Crippen LogP contribution in [0.1, 0.15) is 22.7 Å². The van der Waals surface area contributed by atoms with E-state index in [2.05, 4.69) is 0 Å². The van der Waals surface area contributed by atoms with Gasteiger partial charge in [-0.1, -0.05) is 42.0 Å². The van der Waals surface area contributed by atoms with Gasteiger partial charge < -0.3 is 5.73 Å². The molecule has 0 unspecified atom stereocenters. The Kier molecular flexibility index (Phi) is 3.73. The van der Waals surface area contributed by atoms with E-state index >= 15 is 0 Å². The summed E-state index contributed by atoms with van der Waals surface area (Å²) in [6.07, 6.45) is 1.20. The van der Waals surface area contributed by atoms with Gasteiger partial charge in [-0.15, -0.1) is 0 Å². The van der Waals surface area contributed by atoms with E-state index in [9.17, 15) is 8.42 Å². The van der Waals surface area contributed by atoms with E-state index in [1.54, 1.807) is 18.2 Å². The summed E-state index contributed by atoms with van der Waals surface area (Å²) in [5.74, 6) is 0. The summed E-state index contributed by atoms with van der Waals surface area (Å²) in [5.41, 5.74) is 9.12. The summed E-state index contributed by atoms with van der Waals surface area (Å²) >= 11 is 0. The van der Waals surface area contributed by atoms with Gasteiger partial charge in [-0.2, -0.15) is 0 Å². The fourth-order valence-electron chi connectivity index (χ4n) is 1.90. The molecule has 19 heavy (non-hydrogen) atoms. The Balaban J connectivity index is 2.39. The molecule has 100 valence electrons. The molecular weight excluding hydrogens is 258 g/mol. The summed E-state index contributed by atoms with van der Waals surface area (Å²) in [6, 6.07) is 14.4. The van der Waals surface area contributed by atoms with Crippen LogP contribution in [0.2, 0.25) is 0 Å². The van der Waals surface area contributed by atoms with Crippen molar-refractivity contribution in [1.29, 1.82) is 0 Å². The maximum absolute atomic E-state index is 11.5. The van der Waals surface area contributed by atoms with Crippen molar-refractivity contribution < 1.29 is 8.42 Å². The van der Waals surface area contributed by atoms with Crippen LogP contribution in [0.3, 0.4) is 0 Å². The van der Waals surface area contributed by atoms with Crippen LogP contribution in [0.5, 0.6) is 0 Å². The Morgan fingerprint density at radius 3 is 2.21 bits per heavy atom. The monoisotopic (exact) mass is 275 g/mol. The Bertz CT molecular complexity index is 676. The fourth-order valence-corrected chi connectivity index (χ4v) is 2.58. The lowest BCUT2D eigenvalue weighted by Crippen LogP contribution is -2.12. The number of hydrogen-bond donors (Lipinski definition) is 1. The maximum Gasteiger partial charge on any atom is 0.175 e. The van der Waals surface area contributed by atoms with E-state index < -0.39 is 9.84 Å². The van der Waals surface area contributed by atoms with Gasteiger partial charge in [0.15, 0.2) is 9.84 Å². The Morgan fingerprint density at radius 1 is 1.00 bits per heavy atom. The first-order valence-corrected chi connectivity index (χ1v) is 7.89. The van der Waals surface area contributed by atoms with E-state index in [4.69, 9.17) is 5.73 Å². The van der Waals surface area contributed by atoms with Gasteiger partial charge in [0.1, 0.15) is 0 Å². The molecule has 0 heterocycles. The molecule has 0 amide bonds. The molecule has 2 N–H and O–H groups in total. The minimum atomic E-state index is -3.20. The van der Waals surface area contributed by atoms with Crippen LogP contribution in [-0.2, 0) is 9.84 Å². The van der Waals surface area contributed by atoms with Gasteiger partial charge in [0.25, 0.3) is 0 Å². The van der Waals surface area contributed by atoms with Crippen molar-refractivity contribution in [2.45, 2.75) is 17.9 Å². The van der Waals surface area contributed by atoms with Crippen LogP contribution >= 0.6 is 0 Å². The average molecular weight is 275 g/mol. The zero-order valence-electron chi connectivity index (χ0n) is 11.0. The second-order valence-electron chi connectivity index (χ2n) is 4.73. The number of hydrogen-bond acceptors (Lipinski definition) is 3. The predicted molar refractivity (Wildman–Crippen MR) is 76.8 cm³/mol. The summed E-state index contributed by atoms with van der Waals surface area (Å²) in [7, 11) is -3.20. The Morgan fingerprint density at radius 2 is 1.63 bits per heavy atom. The second-order valence-corrected chi connectivity index (χ2v) is 6.75. The molecule has 0 aliphatic carbocycles. The molecule has 2 rings (SSSR count). The molecule has 3 nitrogen and oxygen atoms in total. The SMILES string of the molecule is Cc1ccc([C@@H](N)c2cccc(S(C)(=O)=O)c2)cc1. The third-order valence-corrected chi connectivity index (χ3v) is 4.19. The van der Waals surface area contributed by atoms with Crippen LogP contribution in [0.25, 0.3) is 0 Å². The first kappa shape index (κ1) is 13.8. The molecule has 0 aliphatic rings. The van der Waals surface area contributed by atoms with Crippen molar-refractivity contribution >= 4 is 9.84 Å². The molecule has 0 spiro atoms. The number of nitrogens with two attached hydrogens (primary N) is 1. The highest BCUT2D eigenvalue weighted by atomic mass is 32.2. The maximum atomic E-state index is 11.5. The largest absolute Gasteiger partial charge is 0.320 e. The van der Waals surface area contributed by atoms with E-state index in [0.29, 0.717) is 4.90 Å². The number of benzene rings is 2. The van der Waals surface area contributed by atoms with E-state index in [1.807, 2.05) is 37.3 Å². The molecule has 0 radical (unpaired) electrons. The summed E-state index contributed by atoms with van der Waals surface area (Å²) in [4.78, 5) is 0.299. The van der Waals surface area contributed by atoms with Crippen molar-refractivity contribution in [2.24, 2.45) is 5.73 Å². The quantitative estimate of drug-likeness (QED) is 0.936. The zero-order valence-corrected chi connectivity index (χ0v) is 11.8. The minimum absolute atomic E-state index is 0.299. The van der Waals surface area contributed by atoms with Crippen LogP contribution < -0.4 is 5.73 Å². The molecule has 2 aromatic rings. The Labute approximate surface area is 114 Å². The highest BCUT2D eigenvalue weighted by Crippen LogP contribution is 2.22. The van der Waals surface area contributed by atoms with Crippen LogP contribution in [-0.4, -0.2) is 14.7 Å². The van der Waals surface area contributed by atoms with Gasteiger partial charge in [0.2, 0.25) is 0 Å². The molecule has 0 bridgehead atoms. The van der Waals surface area contributed by atoms with Gasteiger partial charge in [-0.3, -0.25) is 0 Å². The smallest absolute Gasteiger partial charge is 0.175 e.